The van der Waals surface area contributed by atoms with E-state index in [4.69, 9.17) is 0 Å². The molecule has 0 aliphatic heterocycles. The molecular weight excluding hydrogens is 600 g/mol. The monoisotopic (exact) mass is 660 g/mol. The van der Waals surface area contributed by atoms with Crippen molar-refractivity contribution < 1.29 is 29.4 Å². The van der Waals surface area contributed by atoms with Crippen LogP contribution in [0.15, 0.2) is 23.3 Å². The van der Waals surface area contributed by atoms with Crippen LogP contribution >= 0.6 is 0 Å². The standard InChI is InChI=1S/2C21H30O3/c1-13(22)21(24)11-8-18-16-5-4-14-12-15(23)6-9-19(14,2)17(16)7-10-20(18,21)3;1-20-9-7-14(23)11-13(20)3-4-15-16-5-6-18(19(24)12-22)21(16,2)10-8-17(15)20/h12,16-18,24H,4-11H2,1-3H3;11,15-18,22H,3-10,12H2,1-2H3/t16-,17+,18+,19+,20+,21+;15-,16-,17-,18+,20-,21-/m10/s1. The van der Waals surface area contributed by atoms with Gasteiger partial charge in [0.1, 0.15) is 12.2 Å². The van der Waals surface area contributed by atoms with Crippen LogP contribution in [0.1, 0.15) is 137 Å². The second kappa shape index (κ2) is 11.8. The maximum Gasteiger partial charge on any atom is 0.161 e. The summed E-state index contributed by atoms with van der Waals surface area (Å²) in [7, 11) is 0. The van der Waals surface area contributed by atoms with E-state index < -0.39 is 5.60 Å². The molecule has 0 aromatic carbocycles. The van der Waals surface area contributed by atoms with Crippen molar-refractivity contribution in [1.82, 2.24) is 0 Å². The van der Waals surface area contributed by atoms with E-state index >= 15 is 0 Å². The predicted octanol–water partition coefficient (Wildman–Crippen LogP) is 7.53. The summed E-state index contributed by atoms with van der Waals surface area (Å²) >= 11 is 0. The van der Waals surface area contributed by atoms with E-state index in [9.17, 15) is 29.4 Å². The Morgan fingerprint density at radius 1 is 0.667 bits per heavy atom. The molecule has 48 heavy (non-hydrogen) atoms. The molecule has 8 rings (SSSR count). The topological polar surface area (TPSA) is 109 Å². The molecule has 0 bridgehead atoms. The highest BCUT2D eigenvalue weighted by Crippen LogP contribution is 2.68. The smallest absolute Gasteiger partial charge is 0.161 e. The largest absolute Gasteiger partial charge is 0.389 e. The number of hydrogen-bond acceptors (Lipinski definition) is 6. The Morgan fingerprint density at radius 2 is 1.19 bits per heavy atom. The molecule has 0 spiro atoms. The van der Waals surface area contributed by atoms with Gasteiger partial charge in [-0.05, 0) is 161 Å². The van der Waals surface area contributed by atoms with E-state index in [0.717, 1.165) is 70.6 Å². The summed E-state index contributed by atoms with van der Waals surface area (Å²) in [6, 6.07) is 0. The van der Waals surface area contributed by atoms with Gasteiger partial charge in [0.25, 0.3) is 0 Å². The lowest BCUT2D eigenvalue weighted by Gasteiger charge is -2.58. The third-order valence-corrected chi connectivity index (χ3v) is 17.2. The first-order chi connectivity index (χ1) is 22.6. The molecule has 0 radical (unpaired) electrons. The molecule has 0 aromatic heterocycles. The van der Waals surface area contributed by atoms with Crippen LogP contribution in [-0.2, 0) is 19.2 Å². The fourth-order valence-electron chi connectivity index (χ4n) is 14.4. The molecule has 8 aliphatic rings. The lowest BCUT2D eigenvalue weighted by molar-refractivity contribution is -0.160. The van der Waals surface area contributed by atoms with E-state index in [2.05, 4.69) is 27.7 Å². The Bertz CT molecular complexity index is 1460. The normalized spacial score (nSPS) is 49.0. The van der Waals surface area contributed by atoms with Gasteiger partial charge in [-0.3, -0.25) is 19.2 Å². The zero-order valence-corrected chi connectivity index (χ0v) is 30.2. The lowest BCUT2D eigenvalue weighted by Crippen LogP contribution is -2.57. The summed E-state index contributed by atoms with van der Waals surface area (Å²) < 4.78 is 0. The van der Waals surface area contributed by atoms with Crippen molar-refractivity contribution in [2.45, 2.75) is 143 Å². The van der Waals surface area contributed by atoms with Gasteiger partial charge in [-0.15, -0.1) is 0 Å². The highest BCUT2D eigenvalue weighted by molar-refractivity contribution is 5.92. The number of aliphatic hydroxyl groups is 2. The van der Waals surface area contributed by atoms with Crippen molar-refractivity contribution in [3.63, 3.8) is 0 Å². The zero-order chi connectivity index (χ0) is 34.4. The Kier molecular flexibility index (Phi) is 8.50. The van der Waals surface area contributed by atoms with Gasteiger partial charge < -0.3 is 10.2 Å². The molecule has 2 N–H and O–H groups in total. The second-order valence-corrected chi connectivity index (χ2v) is 18.6. The molecule has 0 aromatic rings. The van der Waals surface area contributed by atoms with Crippen LogP contribution in [-0.4, -0.2) is 45.6 Å². The van der Waals surface area contributed by atoms with Crippen molar-refractivity contribution in [2.75, 3.05) is 6.61 Å². The first-order valence-corrected chi connectivity index (χ1v) is 19.5. The average Bonchev–Trinajstić information content (AvgIpc) is 3.55. The third kappa shape index (κ3) is 4.83. The second-order valence-electron chi connectivity index (χ2n) is 18.6. The predicted molar refractivity (Wildman–Crippen MR) is 185 cm³/mol. The van der Waals surface area contributed by atoms with Gasteiger partial charge in [0, 0.05) is 24.2 Å². The van der Waals surface area contributed by atoms with Crippen molar-refractivity contribution >= 4 is 23.1 Å². The number of rotatable bonds is 3. The Hall–Kier alpha value is -1.92. The molecular formula is C42H60O6. The molecule has 6 nitrogen and oxygen atoms in total. The van der Waals surface area contributed by atoms with Gasteiger partial charge in [0.2, 0.25) is 0 Å². The third-order valence-electron chi connectivity index (χ3n) is 17.2. The minimum absolute atomic E-state index is 0.0446. The van der Waals surface area contributed by atoms with Crippen LogP contribution in [0.25, 0.3) is 0 Å². The molecule has 0 amide bonds. The fraction of sp³-hybridized carbons (Fsp3) is 0.810. The molecule has 0 heterocycles. The molecule has 6 heteroatoms. The minimum Gasteiger partial charge on any atom is -0.389 e. The summed E-state index contributed by atoms with van der Waals surface area (Å²) in [4.78, 5) is 48.2. The number of ketones is 4. The van der Waals surface area contributed by atoms with Crippen molar-refractivity contribution in [3.8, 4) is 0 Å². The van der Waals surface area contributed by atoms with E-state index in [1.54, 1.807) is 6.92 Å². The van der Waals surface area contributed by atoms with Crippen molar-refractivity contribution in [2.24, 2.45) is 63.1 Å². The molecule has 0 saturated heterocycles. The zero-order valence-electron chi connectivity index (χ0n) is 30.2. The maximum atomic E-state index is 12.3. The Morgan fingerprint density at radius 3 is 1.73 bits per heavy atom. The Labute approximate surface area is 288 Å². The number of hydrogen-bond donors (Lipinski definition) is 2. The van der Waals surface area contributed by atoms with E-state index in [1.807, 2.05) is 12.2 Å². The van der Waals surface area contributed by atoms with Gasteiger partial charge in [0.05, 0.1) is 0 Å². The number of carbonyl (C=O) groups excluding carboxylic acids is 4. The van der Waals surface area contributed by atoms with Gasteiger partial charge in [-0.1, -0.05) is 38.8 Å². The van der Waals surface area contributed by atoms with Gasteiger partial charge in [0.15, 0.2) is 23.1 Å². The number of fused-ring (bicyclic) bond motifs is 10. The number of aliphatic hydroxyl groups excluding tert-OH is 1. The van der Waals surface area contributed by atoms with Crippen molar-refractivity contribution in [3.05, 3.63) is 23.3 Å². The maximum absolute atomic E-state index is 12.3. The SMILES string of the molecule is CC(=O)[C@@]1(O)CC[C@H]2[C@@H]3CCC4=CC(=O)CC[C@]4(C)[C@H]3CC[C@@]21C.C[C@]12CC[C@H]3[C@@H](CCC4=CC(=O)CC[C@@]43C)[C@@H]1CC[C@@H]2C(=O)CO. The van der Waals surface area contributed by atoms with Gasteiger partial charge >= 0.3 is 0 Å². The van der Waals surface area contributed by atoms with Crippen LogP contribution in [0, 0.1) is 63.1 Å². The summed E-state index contributed by atoms with van der Waals surface area (Å²) in [6.45, 7) is 10.5. The lowest BCUT2D eigenvalue weighted by atomic mass is 9.46. The molecule has 264 valence electrons. The molecule has 0 unspecified atom stereocenters. The number of carbonyl (C=O) groups is 4. The summed E-state index contributed by atoms with van der Waals surface area (Å²) in [5, 5.41) is 20.5. The summed E-state index contributed by atoms with van der Waals surface area (Å²) in [5.74, 6) is 4.32. The molecule has 12 atom stereocenters. The highest BCUT2D eigenvalue weighted by atomic mass is 16.3. The van der Waals surface area contributed by atoms with Gasteiger partial charge in [-0.25, -0.2) is 0 Å². The Balaban J connectivity index is 0.000000152. The summed E-state index contributed by atoms with van der Waals surface area (Å²) in [5.41, 5.74) is 1.85. The quantitative estimate of drug-likeness (QED) is 0.324. The highest BCUT2D eigenvalue weighted by Gasteiger charge is 2.65. The van der Waals surface area contributed by atoms with Crippen LogP contribution in [0.2, 0.25) is 0 Å². The number of Topliss-reactive ketones (excluding diaryl/α,β-unsaturated/α-hetero) is 2. The average molecular weight is 661 g/mol. The summed E-state index contributed by atoms with van der Waals surface area (Å²) in [6.07, 6.45) is 19.7. The van der Waals surface area contributed by atoms with Crippen LogP contribution < -0.4 is 0 Å². The van der Waals surface area contributed by atoms with E-state index in [-0.39, 0.29) is 45.8 Å². The molecule has 6 saturated carbocycles. The van der Waals surface area contributed by atoms with E-state index in [0.29, 0.717) is 66.3 Å². The van der Waals surface area contributed by atoms with Gasteiger partial charge in [-0.2, -0.15) is 0 Å². The van der Waals surface area contributed by atoms with Crippen LogP contribution in [0.3, 0.4) is 0 Å². The molecule has 8 aliphatic carbocycles. The van der Waals surface area contributed by atoms with E-state index in [1.165, 1.54) is 24.0 Å². The minimum atomic E-state index is -1.12. The van der Waals surface area contributed by atoms with Crippen LogP contribution in [0.5, 0.6) is 0 Å². The van der Waals surface area contributed by atoms with Crippen molar-refractivity contribution in [1.29, 1.82) is 0 Å². The first kappa shape index (κ1) is 34.5. The molecule has 6 fully saturated rings. The number of allylic oxidation sites excluding steroid dienone is 2. The van der Waals surface area contributed by atoms with Crippen LogP contribution in [0.4, 0.5) is 0 Å². The fourth-order valence-corrected chi connectivity index (χ4v) is 14.4. The first-order valence-electron chi connectivity index (χ1n) is 19.5.